The first-order valence-corrected chi connectivity index (χ1v) is 6.09. The van der Waals surface area contributed by atoms with Crippen LogP contribution < -0.4 is 4.74 Å². The summed E-state index contributed by atoms with van der Waals surface area (Å²) in [5.41, 5.74) is 2.11. The number of aryl methyl sites for hydroxylation is 2. The van der Waals surface area contributed by atoms with Gasteiger partial charge in [0.05, 0.1) is 17.8 Å². The van der Waals surface area contributed by atoms with Crippen molar-refractivity contribution in [3.63, 3.8) is 0 Å². The van der Waals surface area contributed by atoms with Crippen molar-refractivity contribution < 1.29 is 4.74 Å². The number of hydrogen-bond acceptors (Lipinski definition) is 3. The molecule has 2 aromatic rings. The molecule has 0 aliphatic rings. The Morgan fingerprint density at radius 2 is 2.06 bits per heavy atom. The van der Waals surface area contributed by atoms with Crippen LogP contribution in [0.1, 0.15) is 10.6 Å². The minimum atomic E-state index is 0.616. The fourth-order valence-corrected chi connectivity index (χ4v) is 2.56. The van der Waals surface area contributed by atoms with Crippen LogP contribution in [-0.4, -0.2) is 12.1 Å². The highest BCUT2D eigenvalue weighted by Gasteiger charge is 2.08. The number of nitrogens with zero attached hydrogens (tertiary/aromatic N) is 1. The standard InChI is InChI=1S/C12H12ClNOS/c1-7-8(2)16-12(14-7)9-4-5-11(15-3)10(13)6-9/h4-6H,1-3H3. The maximum Gasteiger partial charge on any atom is 0.137 e. The van der Waals surface area contributed by atoms with Crippen molar-refractivity contribution in [2.45, 2.75) is 13.8 Å². The molecule has 0 aliphatic carbocycles. The number of methoxy groups -OCH3 is 1. The van der Waals surface area contributed by atoms with Crippen LogP contribution in [-0.2, 0) is 0 Å². The van der Waals surface area contributed by atoms with E-state index >= 15 is 0 Å². The Kier molecular flexibility index (Phi) is 3.17. The monoisotopic (exact) mass is 253 g/mol. The van der Waals surface area contributed by atoms with Crippen molar-refractivity contribution in [1.29, 1.82) is 0 Å². The van der Waals surface area contributed by atoms with E-state index in [4.69, 9.17) is 16.3 Å². The van der Waals surface area contributed by atoms with Crippen LogP contribution in [0.5, 0.6) is 5.75 Å². The predicted octanol–water partition coefficient (Wildman–Crippen LogP) is 4.09. The Balaban J connectivity index is 2.45. The van der Waals surface area contributed by atoms with Gasteiger partial charge in [-0.1, -0.05) is 11.6 Å². The Hall–Kier alpha value is -1.06. The topological polar surface area (TPSA) is 22.1 Å². The smallest absolute Gasteiger partial charge is 0.137 e. The quantitative estimate of drug-likeness (QED) is 0.804. The van der Waals surface area contributed by atoms with E-state index in [1.165, 1.54) is 4.88 Å². The average Bonchev–Trinajstić information content (AvgIpc) is 2.59. The fourth-order valence-electron chi connectivity index (χ4n) is 1.40. The molecule has 84 valence electrons. The molecule has 0 saturated heterocycles. The van der Waals surface area contributed by atoms with Gasteiger partial charge >= 0.3 is 0 Å². The first-order chi connectivity index (χ1) is 7.61. The number of hydrogen-bond donors (Lipinski definition) is 0. The third-order valence-corrected chi connectivity index (χ3v) is 3.84. The molecule has 0 saturated carbocycles. The van der Waals surface area contributed by atoms with Gasteiger partial charge < -0.3 is 4.74 Å². The van der Waals surface area contributed by atoms with Gasteiger partial charge in [-0.25, -0.2) is 4.98 Å². The zero-order valence-electron chi connectivity index (χ0n) is 9.37. The van der Waals surface area contributed by atoms with Crippen LogP contribution in [0.25, 0.3) is 10.6 Å². The average molecular weight is 254 g/mol. The molecule has 0 bridgehead atoms. The Labute approximate surface area is 104 Å². The largest absolute Gasteiger partial charge is 0.495 e. The number of aromatic nitrogens is 1. The van der Waals surface area contributed by atoms with E-state index in [-0.39, 0.29) is 0 Å². The lowest BCUT2D eigenvalue weighted by atomic mass is 10.2. The third-order valence-electron chi connectivity index (χ3n) is 2.43. The molecular weight excluding hydrogens is 242 g/mol. The number of thiazole rings is 1. The Morgan fingerprint density at radius 1 is 1.31 bits per heavy atom. The molecular formula is C12H12ClNOS. The lowest BCUT2D eigenvalue weighted by molar-refractivity contribution is 0.415. The van der Waals surface area contributed by atoms with E-state index in [1.807, 2.05) is 25.1 Å². The second-order valence-corrected chi connectivity index (χ2v) is 5.12. The normalized spacial score (nSPS) is 10.5. The molecule has 1 heterocycles. The van der Waals surface area contributed by atoms with Crippen LogP contribution in [0.4, 0.5) is 0 Å². The van der Waals surface area contributed by atoms with Crippen LogP contribution in [0.2, 0.25) is 5.02 Å². The maximum absolute atomic E-state index is 6.08. The fraction of sp³-hybridized carbons (Fsp3) is 0.250. The van der Waals surface area contributed by atoms with Gasteiger partial charge in [0.2, 0.25) is 0 Å². The summed E-state index contributed by atoms with van der Waals surface area (Å²) in [5, 5.41) is 1.62. The summed E-state index contributed by atoms with van der Waals surface area (Å²) in [4.78, 5) is 5.73. The minimum absolute atomic E-state index is 0.616. The van der Waals surface area contributed by atoms with Crippen molar-refractivity contribution >= 4 is 22.9 Å². The summed E-state index contributed by atoms with van der Waals surface area (Å²) in [5.74, 6) is 0.690. The molecule has 0 atom stereocenters. The molecule has 0 N–H and O–H groups in total. The van der Waals surface area contributed by atoms with Gasteiger partial charge in [-0.15, -0.1) is 11.3 Å². The van der Waals surface area contributed by atoms with Crippen molar-refractivity contribution in [2.24, 2.45) is 0 Å². The van der Waals surface area contributed by atoms with Crippen molar-refractivity contribution in [1.82, 2.24) is 4.98 Å². The lowest BCUT2D eigenvalue weighted by Crippen LogP contribution is -1.84. The van der Waals surface area contributed by atoms with Gasteiger partial charge in [-0.2, -0.15) is 0 Å². The summed E-state index contributed by atoms with van der Waals surface area (Å²) < 4.78 is 5.12. The van der Waals surface area contributed by atoms with Crippen LogP contribution in [0.15, 0.2) is 18.2 Å². The van der Waals surface area contributed by atoms with E-state index in [1.54, 1.807) is 18.4 Å². The first-order valence-electron chi connectivity index (χ1n) is 4.89. The van der Waals surface area contributed by atoms with Gasteiger partial charge in [0.25, 0.3) is 0 Å². The first kappa shape index (κ1) is 11.4. The lowest BCUT2D eigenvalue weighted by Gasteiger charge is -2.03. The number of benzene rings is 1. The van der Waals surface area contributed by atoms with E-state index in [2.05, 4.69) is 11.9 Å². The molecule has 1 aromatic heterocycles. The second-order valence-electron chi connectivity index (χ2n) is 3.51. The molecule has 0 spiro atoms. The Bertz CT molecular complexity index is 502. The summed E-state index contributed by atoms with van der Waals surface area (Å²) in [6.45, 7) is 4.09. The predicted molar refractivity (Wildman–Crippen MR) is 68.6 cm³/mol. The molecule has 0 radical (unpaired) electrons. The molecule has 1 aromatic carbocycles. The summed E-state index contributed by atoms with van der Waals surface area (Å²) in [6, 6.07) is 5.73. The number of rotatable bonds is 2. The highest BCUT2D eigenvalue weighted by Crippen LogP contribution is 2.32. The van der Waals surface area contributed by atoms with Gasteiger partial charge in [0.15, 0.2) is 0 Å². The molecule has 0 amide bonds. The number of ether oxygens (including phenoxy) is 1. The molecule has 4 heteroatoms. The van der Waals surface area contributed by atoms with Crippen LogP contribution >= 0.6 is 22.9 Å². The van der Waals surface area contributed by atoms with Gasteiger partial charge in [0, 0.05) is 10.4 Å². The molecule has 0 unspecified atom stereocenters. The van der Waals surface area contributed by atoms with E-state index in [9.17, 15) is 0 Å². The zero-order chi connectivity index (χ0) is 11.7. The molecule has 2 nitrogen and oxygen atoms in total. The second kappa shape index (κ2) is 4.44. The van der Waals surface area contributed by atoms with Crippen molar-refractivity contribution in [3.05, 3.63) is 33.8 Å². The van der Waals surface area contributed by atoms with Crippen molar-refractivity contribution in [2.75, 3.05) is 7.11 Å². The molecule has 16 heavy (non-hydrogen) atoms. The summed E-state index contributed by atoms with van der Waals surface area (Å²) in [7, 11) is 1.61. The minimum Gasteiger partial charge on any atom is -0.495 e. The highest BCUT2D eigenvalue weighted by atomic mass is 35.5. The van der Waals surface area contributed by atoms with Crippen molar-refractivity contribution in [3.8, 4) is 16.3 Å². The van der Waals surface area contributed by atoms with E-state index in [0.717, 1.165) is 16.3 Å². The highest BCUT2D eigenvalue weighted by molar-refractivity contribution is 7.15. The van der Waals surface area contributed by atoms with Gasteiger partial charge in [0.1, 0.15) is 10.8 Å². The summed E-state index contributed by atoms with van der Waals surface area (Å²) >= 11 is 7.76. The molecule has 0 aliphatic heterocycles. The van der Waals surface area contributed by atoms with Crippen LogP contribution in [0, 0.1) is 13.8 Å². The maximum atomic E-state index is 6.08. The third kappa shape index (κ3) is 2.06. The molecule has 0 fully saturated rings. The van der Waals surface area contributed by atoms with Crippen LogP contribution in [0.3, 0.4) is 0 Å². The molecule has 2 rings (SSSR count). The SMILES string of the molecule is COc1ccc(-c2nc(C)c(C)s2)cc1Cl. The van der Waals surface area contributed by atoms with E-state index < -0.39 is 0 Å². The summed E-state index contributed by atoms with van der Waals surface area (Å²) in [6.07, 6.45) is 0. The van der Waals surface area contributed by atoms with Gasteiger partial charge in [-0.3, -0.25) is 0 Å². The van der Waals surface area contributed by atoms with Gasteiger partial charge in [-0.05, 0) is 32.0 Å². The Morgan fingerprint density at radius 3 is 2.56 bits per heavy atom. The van der Waals surface area contributed by atoms with E-state index in [0.29, 0.717) is 10.8 Å². The number of halogens is 1. The zero-order valence-corrected chi connectivity index (χ0v) is 10.9.